The van der Waals surface area contributed by atoms with E-state index < -0.39 is 23.8 Å². The van der Waals surface area contributed by atoms with Gasteiger partial charge in [0, 0.05) is 36.8 Å². The molecule has 2 aliphatic heterocycles. The molecule has 74 heavy (non-hydrogen) atoms. The van der Waals surface area contributed by atoms with E-state index in [1.165, 1.54) is 13.8 Å². The van der Waals surface area contributed by atoms with Crippen molar-refractivity contribution in [3.63, 3.8) is 0 Å². The molecule has 0 radical (unpaired) electrons. The van der Waals surface area contributed by atoms with Gasteiger partial charge < -0.3 is 56.3 Å². The Balaban J connectivity index is 1.05. The average molecular weight is 1030 g/mol. The predicted molar refractivity (Wildman–Crippen MR) is 279 cm³/mol. The number of ether oxygens (including phenoxy) is 10. The fourth-order valence-electron chi connectivity index (χ4n) is 10.9. The van der Waals surface area contributed by atoms with Crippen LogP contribution >= 0.6 is 0 Å². The number of hydrogen-bond acceptors (Lipinski definition) is 14. The second-order valence-electron chi connectivity index (χ2n) is 20.0. The number of likely N-dealkylation sites (N-methyl/N-ethyl adjacent to an activating group) is 2. The largest absolute Gasteiger partial charge is 0.493 e. The maximum Gasteiger partial charge on any atom is 0.322 e. The van der Waals surface area contributed by atoms with E-state index in [0.717, 1.165) is 33.4 Å². The van der Waals surface area contributed by atoms with Crippen LogP contribution in [0.4, 0.5) is 0 Å². The summed E-state index contributed by atoms with van der Waals surface area (Å²) in [6.07, 6.45) is 5.14. The van der Waals surface area contributed by atoms with Crippen LogP contribution in [0.2, 0.25) is 0 Å². The predicted octanol–water partition coefficient (Wildman–Crippen LogP) is 8.09. The van der Waals surface area contributed by atoms with Gasteiger partial charge in [-0.3, -0.25) is 19.2 Å². The standard InChI is InChI=1S/C58H78N2O14/c1-37(61)45(35-59(3)23-21-41-31-53(69-9)55(71-11)33-43(41)47(59)27-39-17-19-49(65-5)51(29-39)67-7)57(63)73-25-15-13-14-16-26-74-58(64)46(38(2)62)36-60(4)24-22-42-32-54(70-10)56(72-12)34-44(42)48(60)28-40-18-20-50(66-6)52(30-40)68-8/h17-20,29-34,45-48H,13-16,21-28,35-36H2,1-12H3/q+2/t45?,46?,47-,48-,59?,60?/m1/s1. The lowest BCUT2D eigenvalue weighted by atomic mass is 9.85. The summed E-state index contributed by atoms with van der Waals surface area (Å²) in [6.45, 7) is 5.05. The minimum atomic E-state index is -0.972. The molecule has 4 aromatic carbocycles. The van der Waals surface area contributed by atoms with Crippen LogP contribution in [0.15, 0.2) is 60.7 Å². The van der Waals surface area contributed by atoms with Gasteiger partial charge in [-0.05, 0) is 110 Å². The quantitative estimate of drug-likeness (QED) is 0.0244. The third kappa shape index (κ3) is 13.0. The Kier molecular flexibility index (Phi) is 19.7. The molecule has 6 atom stereocenters. The number of unbranched alkanes of at least 4 members (excludes halogenated alkanes) is 3. The van der Waals surface area contributed by atoms with E-state index in [1.54, 1.807) is 56.9 Å². The van der Waals surface area contributed by atoms with E-state index in [-0.39, 0.29) is 50.0 Å². The summed E-state index contributed by atoms with van der Waals surface area (Å²) >= 11 is 0. The van der Waals surface area contributed by atoms with E-state index >= 15 is 0 Å². The first-order valence-corrected chi connectivity index (χ1v) is 25.4. The molecule has 0 fully saturated rings. The van der Waals surface area contributed by atoms with Crippen LogP contribution in [0.5, 0.6) is 46.0 Å². The van der Waals surface area contributed by atoms with Gasteiger partial charge in [0.05, 0.1) is 110 Å². The van der Waals surface area contributed by atoms with Crippen molar-refractivity contribution in [1.82, 2.24) is 0 Å². The third-order valence-corrected chi connectivity index (χ3v) is 15.3. The molecular weight excluding hydrogens is 949 g/mol. The van der Waals surface area contributed by atoms with Crippen LogP contribution in [-0.4, -0.2) is 143 Å². The molecule has 6 rings (SSSR count). The summed E-state index contributed by atoms with van der Waals surface area (Å²) in [5, 5.41) is 0. The third-order valence-electron chi connectivity index (χ3n) is 15.3. The number of Topliss-reactive ketones (excluding diaryl/α,β-unsaturated/α-hetero) is 2. The number of methoxy groups -OCH3 is 8. The first kappa shape index (κ1) is 56.8. The van der Waals surface area contributed by atoms with E-state index in [4.69, 9.17) is 47.4 Å². The molecule has 4 aromatic rings. The Labute approximate surface area is 437 Å². The van der Waals surface area contributed by atoms with Crippen LogP contribution in [-0.2, 0) is 54.3 Å². The summed E-state index contributed by atoms with van der Waals surface area (Å²) < 4.78 is 57.5. The highest BCUT2D eigenvalue weighted by Gasteiger charge is 2.46. The van der Waals surface area contributed by atoms with Crippen molar-refractivity contribution in [2.45, 2.75) is 77.3 Å². The van der Waals surface area contributed by atoms with E-state index in [0.29, 0.717) is 119 Å². The molecule has 0 spiro atoms. The molecule has 402 valence electrons. The van der Waals surface area contributed by atoms with Gasteiger partial charge >= 0.3 is 11.9 Å². The van der Waals surface area contributed by atoms with Crippen LogP contribution in [0.3, 0.4) is 0 Å². The molecule has 0 N–H and O–H groups in total. The van der Waals surface area contributed by atoms with Gasteiger partial charge in [0.25, 0.3) is 0 Å². The molecule has 16 heteroatoms. The Morgan fingerprint density at radius 3 is 1.11 bits per heavy atom. The van der Waals surface area contributed by atoms with Gasteiger partial charge in [-0.15, -0.1) is 0 Å². The number of carbonyl (C=O) groups excluding carboxylic acids is 4. The molecule has 0 aliphatic carbocycles. The van der Waals surface area contributed by atoms with Crippen molar-refractivity contribution >= 4 is 23.5 Å². The molecular formula is C58H78N2O14+2. The molecule has 16 nitrogen and oxygen atoms in total. The summed E-state index contributed by atoms with van der Waals surface area (Å²) in [5.41, 5.74) is 6.39. The number of fused-ring (bicyclic) bond motifs is 2. The molecule has 2 heterocycles. The normalized spacial score (nSPS) is 19.6. The van der Waals surface area contributed by atoms with Crippen molar-refractivity contribution < 1.29 is 75.5 Å². The summed E-state index contributed by atoms with van der Waals surface area (Å²) in [6, 6.07) is 19.5. The topological polar surface area (TPSA) is 161 Å². The lowest BCUT2D eigenvalue weighted by Crippen LogP contribution is -2.56. The van der Waals surface area contributed by atoms with Crippen molar-refractivity contribution in [3.05, 3.63) is 94.0 Å². The average Bonchev–Trinajstić information content (AvgIpc) is 3.40. The first-order chi connectivity index (χ1) is 35.5. The number of esters is 2. The molecule has 0 saturated heterocycles. The van der Waals surface area contributed by atoms with Gasteiger partial charge in [-0.1, -0.05) is 12.1 Å². The van der Waals surface area contributed by atoms with Crippen LogP contribution in [0.1, 0.15) is 85.0 Å². The number of benzene rings is 4. The lowest BCUT2D eigenvalue weighted by molar-refractivity contribution is -0.942. The zero-order valence-electron chi connectivity index (χ0n) is 45.6. The maximum absolute atomic E-state index is 13.8. The number of rotatable bonds is 27. The first-order valence-electron chi connectivity index (χ1n) is 25.4. The smallest absolute Gasteiger partial charge is 0.322 e. The molecule has 2 aliphatic rings. The number of quaternary nitrogens is 2. The molecule has 0 saturated carbocycles. The number of nitrogens with zero attached hydrogens (tertiary/aromatic N) is 2. The van der Waals surface area contributed by atoms with Crippen LogP contribution < -0.4 is 37.9 Å². The number of ketones is 2. The fraction of sp³-hybridized carbons (Fsp3) is 0.517. The van der Waals surface area contributed by atoms with Crippen molar-refractivity contribution in [2.24, 2.45) is 11.8 Å². The monoisotopic (exact) mass is 1030 g/mol. The van der Waals surface area contributed by atoms with Crippen molar-refractivity contribution in [1.29, 1.82) is 0 Å². The Bertz CT molecular complexity index is 2440. The highest BCUT2D eigenvalue weighted by Crippen LogP contribution is 2.46. The minimum Gasteiger partial charge on any atom is -0.493 e. The van der Waals surface area contributed by atoms with Gasteiger partial charge in [-0.25, -0.2) is 0 Å². The summed E-state index contributed by atoms with van der Waals surface area (Å²) in [7, 11) is 17.1. The number of carbonyl (C=O) groups is 4. The van der Waals surface area contributed by atoms with E-state index in [9.17, 15) is 19.2 Å². The molecule has 0 aromatic heterocycles. The Morgan fingerprint density at radius 1 is 0.459 bits per heavy atom. The maximum atomic E-state index is 13.8. The van der Waals surface area contributed by atoms with E-state index in [1.807, 2.05) is 60.7 Å². The van der Waals surface area contributed by atoms with Crippen LogP contribution in [0.25, 0.3) is 0 Å². The zero-order chi connectivity index (χ0) is 53.7. The molecule has 0 bridgehead atoms. The molecule has 4 unspecified atom stereocenters. The van der Waals surface area contributed by atoms with E-state index in [2.05, 4.69) is 14.1 Å². The summed E-state index contributed by atoms with van der Waals surface area (Å²) in [4.78, 5) is 54.2. The second-order valence-corrected chi connectivity index (χ2v) is 20.0. The highest BCUT2D eigenvalue weighted by atomic mass is 16.5. The lowest BCUT2D eigenvalue weighted by Gasteiger charge is -2.47. The zero-order valence-corrected chi connectivity index (χ0v) is 45.6. The Morgan fingerprint density at radius 2 is 0.784 bits per heavy atom. The summed E-state index contributed by atoms with van der Waals surface area (Å²) in [5.74, 6) is 1.46. The Hall–Kier alpha value is -6.52. The van der Waals surface area contributed by atoms with Crippen molar-refractivity contribution in [3.8, 4) is 46.0 Å². The van der Waals surface area contributed by atoms with Gasteiger partial charge in [-0.2, -0.15) is 0 Å². The SMILES string of the molecule is COc1ccc(C[C@@H]2c3cc(OC)c(OC)cc3CC[N+]2(C)CC(C(C)=O)C(=O)OCCCCCCOC(=O)C(C[N+]2(C)CCc3cc(OC)c(OC)cc3[C@H]2Cc2ccc(OC)c(OC)c2)C(C)=O)cc1OC. The van der Waals surface area contributed by atoms with Crippen LogP contribution in [0, 0.1) is 11.8 Å². The second kappa shape index (κ2) is 25.6. The van der Waals surface area contributed by atoms with Gasteiger partial charge in [0.2, 0.25) is 0 Å². The molecule has 0 amide bonds. The van der Waals surface area contributed by atoms with Gasteiger partial charge in [0.15, 0.2) is 57.8 Å². The minimum absolute atomic E-state index is 0.149. The van der Waals surface area contributed by atoms with Crippen molar-refractivity contribution in [2.75, 3.05) is 110 Å². The highest BCUT2D eigenvalue weighted by molar-refractivity contribution is 5.98. The number of hydrogen-bond donors (Lipinski definition) is 0. The fourth-order valence-corrected chi connectivity index (χ4v) is 10.9. The van der Waals surface area contributed by atoms with Gasteiger partial charge in [0.1, 0.15) is 23.7 Å².